The number of rotatable bonds is 3. The van der Waals surface area contributed by atoms with Crippen molar-refractivity contribution in [2.45, 2.75) is 51.2 Å². The van der Waals surface area contributed by atoms with Gasteiger partial charge in [0, 0.05) is 12.2 Å². The van der Waals surface area contributed by atoms with Crippen LogP contribution < -0.4 is 0 Å². The second kappa shape index (κ2) is 8.87. The summed E-state index contributed by atoms with van der Waals surface area (Å²) >= 11 is 0. The van der Waals surface area contributed by atoms with Crippen LogP contribution in [0.1, 0.15) is 67.2 Å². The van der Waals surface area contributed by atoms with Crippen molar-refractivity contribution < 1.29 is 19.7 Å². The molecule has 6 rings (SSSR count). The van der Waals surface area contributed by atoms with E-state index in [1.807, 2.05) is 0 Å². The summed E-state index contributed by atoms with van der Waals surface area (Å²) in [5, 5.41) is 24.0. The molecule has 1 saturated heterocycles. The number of aromatic hydroxyl groups is 1. The summed E-state index contributed by atoms with van der Waals surface area (Å²) in [6.07, 6.45) is 14.2. The molecule has 7 nitrogen and oxygen atoms in total. The number of hydrogen-bond donors (Lipinski definition) is 2. The first kappa shape index (κ1) is 21.5. The van der Waals surface area contributed by atoms with Gasteiger partial charge >= 0.3 is 5.97 Å². The van der Waals surface area contributed by atoms with Gasteiger partial charge in [0.25, 0.3) is 0 Å². The highest BCUT2D eigenvalue weighted by Crippen LogP contribution is 2.51. The SMILES string of the molecule is C#Cc1nn(C2CCCCO2)c2nc(-c3ccc(O)cc3)cc(C(=O)O)c12.C1CC2CC2C1. The number of terminal acetylenes is 1. The molecule has 3 heterocycles. The third-order valence-electron chi connectivity index (χ3n) is 6.84. The van der Waals surface area contributed by atoms with Crippen molar-refractivity contribution in [1.29, 1.82) is 0 Å². The van der Waals surface area contributed by atoms with E-state index < -0.39 is 5.97 Å². The Morgan fingerprint density at radius 2 is 1.88 bits per heavy atom. The Hall–Kier alpha value is -3.37. The molecule has 0 bridgehead atoms. The first-order valence-electron chi connectivity index (χ1n) is 11.6. The molecule has 170 valence electrons. The minimum absolute atomic E-state index is 0.0399. The molecule has 3 aromatic rings. The monoisotopic (exact) mass is 445 g/mol. The maximum absolute atomic E-state index is 11.9. The van der Waals surface area contributed by atoms with Crippen LogP contribution >= 0.6 is 0 Å². The molecule has 2 aromatic heterocycles. The van der Waals surface area contributed by atoms with E-state index in [0.717, 1.165) is 19.3 Å². The number of carboxylic acid groups (broad SMARTS) is 1. The number of nitrogens with zero attached hydrogens (tertiary/aromatic N) is 3. The number of aromatic carboxylic acids is 1. The number of phenolic OH excluding ortho intramolecular Hbond substituents is 1. The number of aromatic nitrogens is 3. The standard InChI is InChI=1S/C20H17N3O4.C6H10/c1-2-15-18-14(20(25)26)11-16(12-6-8-13(24)9-7-12)21-19(18)23(22-15)17-5-3-4-10-27-17;1-2-5-4-6(5)3-1/h1,6-9,11,17,24H,3-5,10H2,(H,25,26);5-6H,1-4H2. The van der Waals surface area contributed by atoms with Crippen LogP contribution in [0.15, 0.2) is 30.3 Å². The van der Waals surface area contributed by atoms with Gasteiger partial charge in [0.05, 0.1) is 16.6 Å². The molecular weight excluding hydrogens is 418 g/mol. The highest BCUT2D eigenvalue weighted by molar-refractivity contribution is 6.05. The van der Waals surface area contributed by atoms with Crippen LogP contribution in [-0.4, -0.2) is 37.6 Å². The predicted molar refractivity (Wildman–Crippen MR) is 124 cm³/mol. The molecule has 1 aromatic carbocycles. The zero-order valence-corrected chi connectivity index (χ0v) is 18.4. The maximum Gasteiger partial charge on any atom is 0.336 e. The fourth-order valence-corrected chi connectivity index (χ4v) is 4.96. The number of carboxylic acids is 1. The molecule has 3 unspecified atom stereocenters. The Bertz CT molecular complexity index is 1210. The lowest BCUT2D eigenvalue weighted by atomic mass is 10.1. The smallest absolute Gasteiger partial charge is 0.336 e. The van der Waals surface area contributed by atoms with Crippen molar-refractivity contribution in [2.75, 3.05) is 6.61 Å². The van der Waals surface area contributed by atoms with Gasteiger partial charge in [0.2, 0.25) is 0 Å². The molecule has 0 radical (unpaired) electrons. The summed E-state index contributed by atoms with van der Waals surface area (Å²) in [6, 6.07) is 7.88. The van der Waals surface area contributed by atoms with E-state index in [2.05, 4.69) is 16.0 Å². The van der Waals surface area contributed by atoms with Crippen molar-refractivity contribution in [3.05, 3.63) is 41.6 Å². The molecule has 0 amide bonds. The van der Waals surface area contributed by atoms with E-state index in [1.165, 1.54) is 36.5 Å². The van der Waals surface area contributed by atoms with Crippen molar-refractivity contribution in [3.63, 3.8) is 0 Å². The topological polar surface area (TPSA) is 97.5 Å². The summed E-state index contributed by atoms with van der Waals surface area (Å²) in [4.78, 5) is 16.5. The van der Waals surface area contributed by atoms with Crippen LogP contribution in [0.5, 0.6) is 5.75 Å². The molecule has 0 spiro atoms. The fourth-order valence-electron chi connectivity index (χ4n) is 4.96. The number of hydrogen-bond acceptors (Lipinski definition) is 5. The second-order valence-corrected chi connectivity index (χ2v) is 9.05. The van der Waals surface area contributed by atoms with Gasteiger partial charge in [-0.05, 0) is 73.8 Å². The number of pyridine rings is 1. The zero-order valence-electron chi connectivity index (χ0n) is 18.4. The Morgan fingerprint density at radius 3 is 2.42 bits per heavy atom. The molecule has 3 aliphatic rings. The number of ether oxygens (including phenoxy) is 1. The quantitative estimate of drug-likeness (QED) is 0.551. The van der Waals surface area contributed by atoms with Crippen molar-refractivity contribution in [2.24, 2.45) is 11.8 Å². The summed E-state index contributed by atoms with van der Waals surface area (Å²) in [6.45, 7) is 0.612. The molecule has 1 aliphatic heterocycles. The first-order valence-corrected chi connectivity index (χ1v) is 11.6. The Labute approximate surface area is 192 Å². The van der Waals surface area contributed by atoms with Crippen LogP contribution in [0.2, 0.25) is 0 Å². The molecule has 7 heteroatoms. The van der Waals surface area contributed by atoms with Gasteiger partial charge in [-0.1, -0.05) is 19.3 Å². The van der Waals surface area contributed by atoms with Gasteiger partial charge in [0.15, 0.2) is 11.9 Å². The van der Waals surface area contributed by atoms with E-state index >= 15 is 0 Å². The average molecular weight is 446 g/mol. The van der Waals surface area contributed by atoms with Crippen LogP contribution in [0.3, 0.4) is 0 Å². The summed E-state index contributed by atoms with van der Waals surface area (Å²) < 4.78 is 7.40. The lowest BCUT2D eigenvalue weighted by molar-refractivity contribution is -0.0370. The molecule has 3 fully saturated rings. The van der Waals surface area contributed by atoms with Crippen molar-refractivity contribution >= 4 is 17.0 Å². The van der Waals surface area contributed by atoms with Gasteiger partial charge in [0.1, 0.15) is 11.4 Å². The molecule has 2 saturated carbocycles. The van der Waals surface area contributed by atoms with Gasteiger partial charge in [-0.15, -0.1) is 6.42 Å². The van der Waals surface area contributed by atoms with E-state index in [4.69, 9.17) is 11.2 Å². The largest absolute Gasteiger partial charge is 0.508 e. The van der Waals surface area contributed by atoms with E-state index in [1.54, 1.807) is 36.1 Å². The van der Waals surface area contributed by atoms with Gasteiger partial charge in [-0.2, -0.15) is 5.10 Å². The summed E-state index contributed by atoms with van der Waals surface area (Å²) in [7, 11) is 0. The summed E-state index contributed by atoms with van der Waals surface area (Å²) in [5.41, 5.74) is 1.80. The van der Waals surface area contributed by atoms with E-state index in [9.17, 15) is 15.0 Å². The molecule has 33 heavy (non-hydrogen) atoms. The third-order valence-corrected chi connectivity index (χ3v) is 6.84. The van der Waals surface area contributed by atoms with Gasteiger partial charge in [-0.3, -0.25) is 0 Å². The van der Waals surface area contributed by atoms with Gasteiger partial charge in [-0.25, -0.2) is 14.5 Å². The molecule has 2 N–H and O–H groups in total. The van der Waals surface area contributed by atoms with Crippen LogP contribution in [-0.2, 0) is 4.74 Å². The van der Waals surface area contributed by atoms with Crippen LogP contribution in [0, 0.1) is 24.2 Å². The Morgan fingerprint density at radius 1 is 1.12 bits per heavy atom. The lowest BCUT2D eigenvalue weighted by Gasteiger charge is -2.23. The third kappa shape index (κ3) is 4.31. The minimum atomic E-state index is -1.11. The lowest BCUT2D eigenvalue weighted by Crippen LogP contribution is -2.19. The molecule has 3 atom stereocenters. The predicted octanol–water partition coefficient (Wildman–Crippen LogP) is 4.99. The first-order chi connectivity index (χ1) is 16.0. The van der Waals surface area contributed by atoms with Crippen LogP contribution in [0.25, 0.3) is 22.3 Å². The molecule has 2 aliphatic carbocycles. The number of fused-ring (bicyclic) bond motifs is 2. The van der Waals surface area contributed by atoms with E-state index in [-0.39, 0.29) is 23.2 Å². The normalized spacial score (nSPS) is 23.3. The average Bonchev–Trinajstić information content (AvgIpc) is 3.26. The number of carbonyl (C=O) groups is 1. The number of benzene rings is 1. The highest BCUT2D eigenvalue weighted by Gasteiger charge is 2.40. The fraction of sp³-hybridized carbons (Fsp3) is 0.423. The maximum atomic E-state index is 11.9. The Balaban J connectivity index is 0.000000324. The number of phenols is 1. The minimum Gasteiger partial charge on any atom is -0.508 e. The van der Waals surface area contributed by atoms with Gasteiger partial charge < -0.3 is 14.9 Å². The van der Waals surface area contributed by atoms with Crippen LogP contribution in [0.4, 0.5) is 0 Å². The van der Waals surface area contributed by atoms with Crippen molar-refractivity contribution in [1.82, 2.24) is 14.8 Å². The molecular formula is C26H27N3O4. The van der Waals surface area contributed by atoms with E-state index in [0.29, 0.717) is 28.9 Å². The van der Waals surface area contributed by atoms with Crippen molar-refractivity contribution in [3.8, 4) is 29.4 Å². The summed E-state index contributed by atoms with van der Waals surface area (Å²) in [5.74, 6) is 3.90. The Kier molecular flexibility index (Phi) is 5.77. The zero-order chi connectivity index (χ0) is 22.9. The second-order valence-electron chi connectivity index (χ2n) is 9.05. The highest BCUT2D eigenvalue weighted by atomic mass is 16.5.